The van der Waals surface area contributed by atoms with E-state index >= 15 is 0 Å². The van der Waals surface area contributed by atoms with Gasteiger partial charge >= 0.3 is 0 Å². The molecular weight excluding hydrogens is 464 g/mol. The third-order valence-corrected chi connectivity index (χ3v) is 6.20. The molecule has 0 radical (unpaired) electrons. The molecule has 0 atom stereocenters. The van der Waals surface area contributed by atoms with E-state index in [1.54, 1.807) is 48.5 Å². The molecule has 5 nitrogen and oxygen atoms in total. The standard InChI is InChI=1S/C19H24O2.C13H10O3/c1-2-3-4-5-6-19(15-7-11-17(20)12-8-15)16-9-13-18(21)14-10-16;14-11-5-1-9(2-6-11)13(16)10-3-7-12(15)8-4-10/h7-14,19-21H,2-6H2,1H3;1-8,14-15H. The number of phenolic OH excluding ortho intramolecular Hbond substituents is 4. The van der Waals surface area contributed by atoms with Crippen LogP contribution in [-0.4, -0.2) is 26.2 Å². The number of aromatic hydroxyl groups is 4. The van der Waals surface area contributed by atoms with Crippen LogP contribution in [0.4, 0.5) is 0 Å². The highest BCUT2D eigenvalue weighted by Gasteiger charge is 2.14. The average molecular weight is 499 g/mol. The van der Waals surface area contributed by atoms with Crippen molar-refractivity contribution in [2.75, 3.05) is 0 Å². The molecule has 0 heterocycles. The fourth-order valence-electron chi connectivity index (χ4n) is 4.11. The van der Waals surface area contributed by atoms with Crippen LogP contribution in [0.3, 0.4) is 0 Å². The van der Waals surface area contributed by atoms with Crippen LogP contribution in [0.1, 0.15) is 72.0 Å². The van der Waals surface area contributed by atoms with Gasteiger partial charge < -0.3 is 20.4 Å². The molecule has 0 amide bonds. The topological polar surface area (TPSA) is 98.0 Å². The fourth-order valence-corrected chi connectivity index (χ4v) is 4.11. The van der Waals surface area contributed by atoms with Gasteiger partial charge in [0.05, 0.1) is 0 Å². The molecule has 0 bridgehead atoms. The maximum Gasteiger partial charge on any atom is 0.193 e. The average Bonchev–Trinajstić information content (AvgIpc) is 2.91. The van der Waals surface area contributed by atoms with Crippen molar-refractivity contribution in [1.29, 1.82) is 0 Å². The molecule has 0 saturated carbocycles. The summed E-state index contributed by atoms with van der Waals surface area (Å²) in [6.45, 7) is 2.22. The van der Waals surface area contributed by atoms with Gasteiger partial charge in [0.15, 0.2) is 5.78 Å². The second kappa shape index (κ2) is 13.7. The summed E-state index contributed by atoms with van der Waals surface area (Å²) in [5.74, 6) is 1.04. The Morgan fingerprint density at radius 3 is 1.24 bits per heavy atom. The fraction of sp³-hybridized carbons (Fsp3) is 0.219. The minimum atomic E-state index is -0.139. The highest BCUT2D eigenvalue weighted by molar-refractivity contribution is 6.09. The SMILES string of the molecule is CCCCCCC(c1ccc(O)cc1)c1ccc(O)cc1.O=C(c1ccc(O)cc1)c1ccc(O)cc1. The second-order valence-corrected chi connectivity index (χ2v) is 9.01. The Morgan fingerprint density at radius 2 is 0.892 bits per heavy atom. The largest absolute Gasteiger partial charge is 0.508 e. The summed E-state index contributed by atoms with van der Waals surface area (Å²) in [7, 11) is 0. The lowest BCUT2D eigenvalue weighted by Gasteiger charge is -2.18. The number of carbonyl (C=O) groups excluding carboxylic acids is 1. The Bertz CT molecular complexity index is 1140. The van der Waals surface area contributed by atoms with Crippen LogP contribution in [0.5, 0.6) is 23.0 Å². The summed E-state index contributed by atoms with van der Waals surface area (Å²) in [4.78, 5) is 11.9. The van der Waals surface area contributed by atoms with E-state index in [0.29, 0.717) is 28.5 Å². The number of unbranched alkanes of at least 4 members (excludes halogenated alkanes) is 3. The van der Waals surface area contributed by atoms with Crippen molar-refractivity contribution in [2.24, 2.45) is 0 Å². The molecule has 0 aliphatic carbocycles. The molecule has 0 aromatic heterocycles. The predicted molar refractivity (Wildman–Crippen MR) is 146 cm³/mol. The first-order chi connectivity index (χ1) is 17.9. The van der Waals surface area contributed by atoms with Crippen LogP contribution < -0.4 is 0 Å². The van der Waals surface area contributed by atoms with E-state index in [2.05, 4.69) is 6.92 Å². The predicted octanol–water partition coefficient (Wildman–Crippen LogP) is 7.53. The van der Waals surface area contributed by atoms with Gasteiger partial charge in [-0.3, -0.25) is 4.79 Å². The molecule has 0 aliphatic heterocycles. The van der Waals surface area contributed by atoms with Gasteiger partial charge in [0.25, 0.3) is 0 Å². The molecule has 4 aromatic carbocycles. The van der Waals surface area contributed by atoms with Crippen molar-refractivity contribution >= 4 is 5.78 Å². The number of carbonyl (C=O) groups is 1. The van der Waals surface area contributed by atoms with Crippen molar-refractivity contribution in [1.82, 2.24) is 0 Å². The molecule has 4 aromatic rings. The lowest BCUT2D eigenvalue weighted by molar-refractivity contribution is 0.103. The van der Waals surface area contributed by atoms with Crippen LogP contribution in [-0.2, 0) is 0 Å². The van der Waals surface area contributed by atoms with Crippen molar-refractivity contribution in [3.63, 3.8) is 0 Å². The summed E-state index contributed by atoms with van der Waals surface area (Å²) < 4.78 is 0. The van der Waals surface area contributed by atoms with E-state index in [4.69, 9.17) is 10.2 Å². The van der Waals surface area contributed by atoms with Gasteiger partial charge in [0.2, 0.25) is 0 Å². The maximum absolute atomic E-state index is 11.9. The van der Waals surface area contributed by atoms with E-state index in [1.807, 2.05) is 24.3 Å². The zero-order valence-electron chi connectivity index (χ0n) is 21.0. The second-order valence-electron chi connectivity index (χ2n) is 9.01. The Morgan fingerprint density at radius 1 is 0.541 bits per heavy atom. The molecule has 0 aliphatic rings. The lowest BCUT2D eigenvalue weighted by Crippen LogP contribution is -2.01. The first kappa shape index (κ1) is 27.3. The number of hydrogen-bond donors (Lipinski definition) is 4. The first-order valence-corrected chi connectivity index (χ1v) is 12.6. The molecule has 5 heteroatoms. The normalized spacial score (nSPS) is 10.5. The van der Waals surface area contributed by atoms with Gasteiger partial charge in [-0.2, -0.15) is 0 Å². The maximum atomic E-state index is 11.9. The van der Waals surface area contributed by atoms with Gasteiger partial charge in [-0.25, -0.2) is 0 Å². The lowest BCUT2D eigenvalue weighted by atomic mass is 9.86. The quantitative estimate of drug-likeness (QED) is 0.141. The molecule has 37 heavy (non-hydrogen) atoms. The van der Waals surface area contributed by atoms with Crippen molar-refractivity contribution in [2.45, 2.75) is 44.9 Å². The van der Waals surface area contributed by atoms with Gasteiger partial charge in [0, 0.05) is 17.0 Å². The summed E-state index contributed by atoms with van der Waals surface area (Å²) in [6, 6.07) is 27.1. The van der Waals surface area contributed by atoms with E-state index in [1.165, 1.54) is 61.1 Å². The van der Waals surface area contributed by atoms with Gasteiger partial charge in [-0.1, -0.05) is 56.9 Å². The molecule has 0 fully saturated rings. The monoisotopic (exact) mass is 498 g/mol. The first-order valence-electron chi connectivity index (χ1n) is 12.6. The van der Waals surface area contributed by atoms with Crippen LogP contribution >= 0.6 is 0 Å². The molecule has 0 spiro atoms. The molecule has 192 valence electrons. The van der Waals surface area contributed by atoms with E-state index < -0.39 is 0 Å². The summed E-state index contributed by atoms with van der Waals surface area (Å²) in [6.07, 6.45) is 6.06. The number of benzene rings is 4. The zero-order valence-corrected chi connectivity index (χ0v) is 21.0. The van der Waals surface area contributed by atoms with Crippen LogP contribution in [0, 0.1) is 0 Å². The molecule has 0 unspecified atom stereocenters. The molecule has 4 N–H and O–H groups in total. The number of rotatable bonds is 9. The highest BCUT2D eigenvalue weighted by atomic mass is 16.3. The van der Waals surface area contributed by atoms with Gasteiger partial charge in [-0.05, 0) is 90.3 Å². The van der Waals surface area contributed by atoms with E-state index in [9.17, 15) is 15.0 Å². The molecule has 0 saturated heterocycles. The number of ketones is 1. The van der Waals surface area contributed by atoms with Gasteiger partial charge in [-0.15, -0.1) is 0 Å². The van der Waals surface area contributed by atoms with Crippen molar-refractivity contribution in [3.8, 4) is 23.0 Å². The third-order valence-electron chi connectivity index (χ3n) is 6.20. The van der Waals surface area contributed by atoms with Crippen LogP contribution in [0.15, 0.2) is 97.1 Å². The van der Waals surface area contributed by atoms with Crippen molar-refractivity contribution in [3.05, 3.63) is 119 Å². The molecule has 4 rings (SSSR count). The third kappa shape index (κ3) is 8.43. The minimum absolute atomic E-state index is 0.127. The number of phenols is 4. The Labute approximate surface area is 218 Å². The van der Waals surface area contributed by atoms with E-state index in [-0.39, 0.29) is 17.3 Å². The van der Waals surface area contributed by atoms with Crippen LogP contribution in [0.2, 0.25) is 0 Å². The van der Waals surface area contributed by atoms with Crippen LogP contribution in [0.25, 0.3) is 0 Å². The highest BCUT2D eigenvalue weighted by Crippen LogP contribution is 2.32. The van der Waals surface area contributed by atoms with Crippen molar-refractivity contribution < 1.29 is 25.2 Å². The molecular formula is C32H34O5. The van der Waals surface area contributed by atoms with E-state index in [0.717, 1.165) is 6.42 Å². The summed E-state index contributed by atoms with van der Waals surface area (Å²) in [5, 5.41) is 37.1. The Kier molecular flexibility index (Phi) is 10.1. The Hall–Kier alpha value is -4.25. The van der Waals surface area contributed by atoms with Gasteiger partial charge in [0.1, 0.15) is 23.0 Å². The Balaban J connectivity index is 0.000000213. The zero-order chi connectivity index (χ0) is 26.6. The minimum Gasteiger partial charge on any atom is -0.508 e. The summed E-state index contributed by atoms with van der Waals surface area (Å²) >= 11 is 0. The smallest absolute Gasteiger partial charge is 0.193 e. The summed E-state index contributed by atoms with van der Waals surface area (Å²) in [5.41, 5.74) is 3.44. The number of hydrogen-bond acceptors (Lipinski definition) is 5.